The second-order valence-corrected chi connectivity index (χ2v) is 3.05. The lowest BCUT2D eigenvalue weighted by Gasteiger charge is -2.22. The van der Waals surface area contributed by atoms with Crippen molar-refractivity contribution in [2.45, 2.75) is 39.2 Å². The molecule has 0 heterocycles. The quantitative estimate of drug-likeness (QED) is 0.432. The van der Waals surface area contributed by atoms with Gasteiger partial charge in [-0.25, -0.2) is 0 Å². The van der Waals surface area contributed by atoms with Crippen LogP contribution in [0.4, 0.5) is 0 Å². The van der Waals surface area contributed by atoms with Gasteiger partial charge in [-0.15, -0.1) is 0 Å². The fraction of sp³-hybridized carbons (Fsp3) is 0.889. The van der Waals surface area contributed by atoms with Crippen LogP contribution in [0, 0.1) is 0 Å². The second-order valence-electron chi connectivity index (χ2n) is 3.05. The first-order chi connectivity index (χ1) is 5.22. The standard InChI is InChI=1S/C9H19NO/c1-4-9(2)10(3)7-5-6-8-11/h8-9H,4-7H2,1-3H3. The maximum atomic E-state index is 10.0. The Hall–Kier alpha value is -0.370. The summed E-state index contributed by atoms with van der Waals surface area (Å²) in [5.74, 6) is 0. The fourth-order valence-corrected chi connectivity index (χ4v) is 0.956. The Morgan fingerprint density at radius 3 is 2.64 bits per heavy atom. The molecule has 2 nitrogen and oxygen atoms in total. The van der Waals surface area contributed by atoms with Gasteiger partial charge in [0.1, 0.15) is 6.29 Å². The van der Waals surface area contributed by atoms with E-state index in [-0.39, 0.29) is 0 Å². The van der Waals surface area contributed by atoms with Crippen molar-refractivity contribution in [2.75, 3.05) is 13.6 Å². The van der Waals surface area contributed by atoms with E-state index in [1.807, 2.05) is 0 Å². The minimum absolute atomic E-state index is 0.640. The zero-order chi connectivity index (χ0) is 8.69. The highest BCUT2D eigenvalue weighted by atomic mass is 16.1. The Morgan fingerprint density at radius 1 is 1.55 bits per heavy atom. The highest BCUT2D eigenvalue weighted by Gasteiger charge is 2.04. The van der Waals surface area contributed by atoms with E-state index in [2.05, 4.69) is 25.8 Å². The monoisotopic (exact) mass is 157 g/mol. The first-order valence-corrected chi connectivity index (χ1v) is 4.36. The number of nitrogens with zero attached hydrogens (tertiary/aromatic N) is 1. The van der Waals surface area contributed by atoms with Gasteiger partial charge in [-0.2, -0.15) is 0 Å². The van der Waals surface area contributed by atoms with Crippen LogP contribution in [-0.4, -0.2) is 30.8 Å². The van der Waals surface area contributed by atoms with E-state index in [0.717, 1.165) is 19.3 Å². The van der Waals surface area contributed by atoms with Gasteiger partial charge in [0.15, 0.2) is 0 Å². The van der Waals surface area contributed by atoms with E-state index in [9.17, 15) is 4.79 Å². The summed E-state index contributed by atoms with van der Waals surface area (Å²) >= 11 is 0. The molecule has 0 aromatic heterocycles. The summed E-state index contributed by atoms with van der Waals surface area (Å²) < 4.78 is 0. The maximum Gasteiger partial charge on any atom is 0.120 e. The highest BCUT2D eigenvalue weighted by Crippen LogP contribution is 2.01. The van der Waals surface area contributed by atoms with Gasteiger partial charge >= 0.3 is 0 Å². The first kappa shape index (κ1) is 10.6. The summed E-state index contributed by atoms with van der Waals surface area (Å²) in [5.41, 5.74) is 0. The molecule has 0 rings (SSSR count). The number of carbonyl (C=O) groups is 1. The van der Waals surface area contributed by atoms with E-state index in [4.69, 9.17) is 0 Å². The number of hydrogen-bond donors (Lipinski definition) is 0. The SMILES string of the molecule is CCC(C)N(C)CCCC=O. The number of aldehydes is 1. The van der Waals surface area contributed by atoms with Crippen molar-refractivity contribution in [2.24, 2.45) is 0 Å². The van der Waals surface area contributed by atoms with Gasteiger partial charge in [-0.05, 0) is 33.4 Å². The van der Waals surface area contributed by atoms with Gasteiger partial charge in [-0.1, -0.05) is 6.92 Å². The third kappa shape index (κ3) is 4.96. The van der Waals surface area contributed by atoms with Gasteiger partial charge in [0, 0.05) is 12.5 Å². The molecule has 1 unspecified atom stereocenters. The van der Waals surface area contributed by atoms with Crippen molar-refractivity contribution in [3.05, 3.63) is 0 Å². The van der Waals surface area contributed by atoms with Gasteiger partial charge in [0.2, 0.25) is 0 Å². The summed E-state index contributed by atoms with van der Waals surface area (Å²) in [5, 5.41) is 0. The molecule has 11 heavy (non-hydrogen) atoms. The number of rotatable bonds is 6. The maximum absolute atomic E-state index is 10.0. The molecule has 2 heteroatoms. The summed E-state index contributed by atoms with van der Waals surface area (Å²) in [6.45, 7) is 5.43. The van der Waals surface area contributed by atoms with Crippen molar-refractivity contribution in [1.82, 2.24) is 4.90 Å². The van der Waals surface area contributed by atoms with Gasteiger partial charge in [0.25, 0.3) is 0 Å². The molecule has 0 fully saturated rings. The molecule has 0 aromatic carbocycles. The van der Waals surface area contributed by atoms with Crippen molar-refractivity contribution in [3.63, 3.8) is 0 Å². The van der Waals surface area contributed by atoms with E-state index < -0.39 is 0 Å². The number of hydrogen-bond acceptors (Lipinski definition) is 2. The average Bonchev–Trinajstić information content (AvgIpc) is 2.03. The molecule has 0 aliphatic rings. The Balaban J connectivity index is 3.34. The molecule has 66 valence electrons. The summed E-state index contributed by atoms with van der Waals surface area (Å²) in [6.07, 6.45) is 3.85. The lowest BCUT2D eigenvalue weighted by molar-refractivity contribution is -0.108. The third-order valence-corrected chi connectivity index (χ3v) is 2.18. The van der Waals surface area contributed by atoms with Crippen molar-refractivity contribution in [1.29, 1.82) is 0 Å². The van der Waals surface area contributed by atoms with E-state index in [1.54, 1.807) is 0 Å². The Morgan fingerprint density at radius 2 is 2.18 bits per heavy atom. The van der Waals surface area contributed by atoms with Crippen LogP contribution < -0.4 is 0 Å². The van der Waals surface area contributed by atoms with Gasteiger partial charge in [-0.3, -0.25) is 0 Å². The first-order valence-electron chi connectivity index (χ1n) is 4.36. The van der Waals surface area contributed by atoms with Crippen LogP contribution in [0.2, 0.25) is 0 Å². The predicted molar refractivity (Wildman–Crippen MR) is 47.7 cm³/mol. The summed E-state index contributed by atoms with van der Waals surface area (Å²) in [6, 6.07) is 0.640. The molecule has 0 bridgehead atoms. The molecule has 0 aromatic rings. The lowest BCUT2D eigenvalue weighted by Crippen LogP contribution is -2.29. The van der Waals surface area contributed by atoms with Crippen LogP contribution in [0.3, 0.4) is 0 Å². The lowest BCUT2D eigenvalue weighted by atomic mass is 10.2. The largest absolute Gasteiger partial charge is 0.304 e. The predicted octanol–water partition coefficient (Wildman–Crippen LogP) is 1.70. The Kier molecular flexibility index (Phi) is 6.13. The summed E-state index contributed by atoms with van der Waals surface area (Å²) in [7, 11) is 2.11. The van der Waals surface area contributed by atoms with E-state index in [0.29, 0.717) is 12.5 Å². The topological polar surface area (TPSA) is 20.3 Å². The average molecular weight is 157 g/mol. The Bertz CT molecular complexity index is 104. The second kappa shape index (κ2) is 6.35. The molecule has 1 atom stereocenters. The zero-order valence-corrected chi connectivity index (χ0v) is 7.84. The van der Waals surface area contributed by atoms with Crippen molar-refractivity contribution >= 4 is 6.29 Å². The third-order valence-electron chi connectivity index (χ3n) is 2.18. The smallest absolute Gasteiger partial charge is 0.120 e. The number of carbonyl (C=O) groups excluding carboxylic acids is 1. The summed E-state index contributed by atoms with van der Waals surface area (Å²) in [4.78, 5) is 12.3. The molecule has 0 aliphatic heterocycles. The fourth-order valence-electron chi connectivity index (χ4n) is 0.956. The minimum Gasteiger partial charge on any atom is -0.304 e. The highest BCUT2D eigenvalue weighted by molar-refractivity contribution is 5.48. The van der Waals surface area contributed by atoms with E-state index >= 15 is 0 Å². The van der Waals surface area contributed by atoms with Crippen LogP contribution in [-0.2, 0) is 4.79 Å². The van der Waals surface area contributed by atoms with Crippen molar-refractivity contribution < 1.29 is 4.79 Å². The molecule has 0 aliphatic carbocycles. The number of unbranched alkanes of at least 4 members (excludes halogenated alkanes) is 1. The molecule has 0 amide bonds. The molecule has 0 spiro atoms. The normalized spacial score (nSPS) is 13.5. The van der Waals surface area contributed by atoms with E-state index in [1.165, 1.54) is 6.42 Å². The van der Waals surface area contributed by atoms with Crippen LogP contribution in [0.5, 0.6) is 0 Å². The molecular formula is C9H19NO. The zero-order valence-electron chi connectivity index (χ0n) is 7.84. The molecule has 0 saturated carbocycles. The van der Waals surface area contributed by atoms with Crippen LogP contribution in [0.1, 0.15) is 33.1 Å². The van der Waals surface area contributed by atoms with Gasteiger partial charge < -0.3 is 9.69 Å². The van der Waals surface area contributed by atoms with Crippen LogP contribution >= 0.6 is 0 Å². The van der Waals surface area contributed by atoms with Crippen LogP contribution in [0.15, 0.2) is 0 Å². The van der Waals surface area contributed by atoms with Crippen LogP contribution in [0.25, 0.3) is 0 Å². The van der Waals surface area contributed by atoms with Gasteiger partial charge in [0.05, 0.1) is 0 Å². The molecular weight excluding hydrogens is 138 g/mol. The molecule has 0 radical (unpaired) electrons. The molecule has 0 N–H and O–H groups in total. The minimum atomic E-state index is 0.640. The molecule has 0 saturated heterocycles. The Labute approximate surface area is 69.6 Å². The van der Waals surface area contributed by atoms with Crippen molar-refractivity contribution in [3.8, 4) is 0 Å².